The van der Waals surface area contributed by atoms with Crippen molar-refractivity contribution in [3.8, 4) is 17.2 Å². The summed E-state index contributed by atoms with van der Waals surface area (Å²) in [5.74, 6) is -0.197. The van der Waals surface area contributed by atoms with Crippen molar-refractivity contribution < 1.29 is 14.7 Å². The quantitative estimate of drug-likeness (QED) is 0.886. The molecule has 6 heteroatoms. The van der Waals surface area contributed by atoms with E-state index < -0.39 is 0 Å². The lowest BCUT2D eigenvalue weighted by Gasteiger charge is -2.58. The zero-order valence-electron chi connectivity index (χ0n) is 15.6. The van der Waals surface area contributed by atoms with Gasteiger partial charge in [-0.05, 0) is 28.8 Å². The molecule has 6 nitrogen and oxygen atoms in total. The molecule has 3 atom stereocenters. The van der Waals surface area contributed by atoms with E-state index in [1.54, 1.807) is 21.9 Å². The molecule has 4 rings (SSSR count). The molecule has 2 saturated heterocycles. The maximum absolute atomic E-state index is 12.4. The third-order valence-electron chi connectivity index (χ3n) is 5.84. The largest absolute Gasteiger partial charge is 0.394 e. The lowest BCUT2D eigenvalue weighted by atomic mass is 9.73. The smallest absolute Gasteiger partial charge is 0.242 e. The average Bonchev–Trinajstić information content (AvgIpc) is 2.70. The Morgan fingerprint density at radius 1 is 1.14 bits per heavy atom. The molecular weight excluding hydrogens is 354 g/mol. The highest BCUT2D eigenvalue weighted by Crippen LogP contribution is 2.43. The van der Waals surface area contributed by atoms with E-state index in [-0.39, 0.29) is 43.0 Å². The summed E-state index contributed by atoms with van der Waals surface area (Å²) in [6.07, 6.45) is 0. The fraction of sp³-hybridized carbons (Fsp3) is 0.318. The first-order valence-electron chi connectivity index (χ1n) is 9.31. The second-order valence-corrected chi connectivity index (χ2v) is 7.35. The molecule has 2 amide bonds. The van der Waals surface area contributed by atoms with Crippen LogP contribution in [-0.4, -0.2) is 58.5 Å². The van der Waals surface area contributed by atoms with Crippen molar-refractivity contribution in [1.29, 1.82) is 5.26 Å². The standard InChI is InChI=1S/C22H21N3O3/c1-14(27)24-11-19-22(20(13-26)25(19)21(28)12-24)18-8-6-17(7-9-18)16-4-2-15(10-23)3-5-16/h2-9,19-20,22,26H,11-13H2,1H3/t19-,20-,22-/m0/s1. The van der Waals surface area contributed by atoms with Crippen molar-refractivity contribution in [2.45, 2.75) is 24.9 Å². The highest BCUT2D eigenvalue weighted by molar-refractivity contribution is 5.87. The molecule has 0 aromatic heterocycles. The number of rotatable bonds is 3. The van der Waals surface area contributed by atoms with E-state index in [9.17, 15) is 14.7 Å². The zero-order chi connectivity index (χ0) is 19.8. The van der Waals surface area contributed by atoms with E-state index in [1.807, 2.05) is 36.4 Å². The Morgan fingerprint density at radius 3 is 2.29 bits per heavy atom. The minimum Gasteiger partial charge on any atom is -0.394 e. The Labute approximate surface area is 163 Å². The molecule has 2 aromatic rings. The van der Waals surface area contributed by atoms with Gasteiger partial charge in [-0.3, -0.25) is 9.59 Å². The summed E-state index contributed by atoms with van der Waals surface area (Å²) in [4.78, 5) is 27.5. The fourth-order valence-corrected chi connectivity index (χ4v) is 4.37. The second kappa shape index (κ2) is 7.10. The van der Waals surface area contributed by atoms with Crippen LogP contribution in [0.4, 0.5) is 0 Å². The van der Waals surface area contributed by atoms with Crippen LogP contribution in [-0.2, 0) is 9.59 Å². The van der Waals surface area contributed by atoms with Crippen LogP contribution in [0.15, 0.2) is 48.5 Å². The number of aliphatic hydroxyl groups is 1. The maximum atomic E-state index is 12.4. The van der Waals surface area contributed by atoms with E-state index >= 15 is 0 Å². The molecular formula is C22H21N3O3. The molecule has 0 saturated carbocycles. The van der Waals surface area contributed by atoms with E-state index in [2.05, 4.69) is 6.07 Å². The second-order valence-electron chi connectivity index (χ2n) is 7.35. The van der Waals surface area contributed by atoms with E-state index in [0.717, 1.165) is 16.7 Å². The van der Waals surface area contributed by atoms with E-state index in [0.29, 0.717) is 12.1 Å². The lowest BCUT2D eigenvalue weighted by Crippen LogP contribution is -2.73. The molecule has 2 aliphatic rings. The number of fused-ring (bicyclic) bond motifs is 1. The number of hydrogen-bond donors (Lipinski definition) is 1. The number of piperazine rings is 1. The van der Waals surface area contributed by atoms with Gasteiger partial charge in [0, 0.05) is 19.4 Å². The fourth-order valence-electron chi connectivity index (χ4n) is 4.37. The third-order valence-corrected chi connectivity index (χ3v) is 5.84. The number of aliphatic hydroxyl groups excluding tert-OH is 1. The number of carbonyl (C=O) groups is 2. The van der Waals surface area contributed by atoms with Gasteiger partial charge in [-0.15, -0.1) is 0 Å². The molecule has 2 heterocycles. The molecule has 2 aromatic carbocycles. The van der Waals surface area contributed by atoms with Crippen molar-refractivity contribution in [1.82, 2.24) is 9.80 Å². The van der Waals surface area contributed by atoms with Gasteiger partial charge in [-0.25, -0.2) is 0 Å². The minimum absolute atomic E-state index is 0.00566. The summed E-state index contributed by atoms with van der Waals surface area (Å²) < 4.78 is 0. The predicted octanol–water partition coefficient (Wildman–Crippen LogP) is 1.74. The first-order valence-corrected chi connectivity index (χ1v) is 9.31. The van der Waals surface area contributed by atoms with Crippen molar-refractivity contribution in [3.05, 3.63) is 59.7 Å². The van der Waals surface area contributed by atoms with E-state index in [1.165, 1.54) is 6.92 Å². The first kappa shape index (κ1) is 18.2. The van der Waals surface area contributed by atoms with Gasteiger partial charge in [0.05, 0.1) is 36.9 Å². The van der Waals surface area contributed by atoms with Gasteiger partial charge in [-0.1, -0.05) is 36.4 Å². The number of amides is 2. The highest BCUT2D eigenvalue weighted by atomic mass is 16.3. The molecule has 2 fully saturated rings. The van der Waals surface area contributed by atoms with E-state index in [4.69, 9.17) is 5.26 Å². The molecule has 2 aliphatic heterocycles. The highest BCUT2D eigenvalue weighted by Gasteiger charge is 2.54. The molecule has 0 unspecified atom stereocenters. The Hall–Kier alpha value is -3.17. The Kier molecular flexibility index (Phi) is 4.62. The minimum atomic E-state index is -0.243. The van der Waals surface area contributed by atoms with Crippen molar-refractivity contribution in [3.63, 3.8) is 0 Å². The number of benzene rings is 2. The SMILES string of the molecule is CC(=O)N1CC(=O)N2[C@@H](CO)[C@@H](c3ccc(-c4ccc(C#N)cc4)cc3)[C@@H]2C1. The third kappa shape index (κ3) is 2.94. The zero-order valence-corrected chi connectivity index (χ0v) is 15.6. The normalized spacial score (nSPS) is 23.6. The molecule has 1 N–H and O–H groups in total. The van der Waals surface area contributed by atoms with Gasteiger partial charge in [0.2, 0.25) is 11.8 Å². The van der Waals surface area contributed by atoms with Crippen LogP contribution >= 0.6 is 0 Å². The summed E-state index contributed by atoms with van der Waals surface area (Å²) in [5.41, 5.74) is 3.73. The summed E-state index contributed by atoms with van der Waals surface area (Å²) in [6, 6.07) is 17.3. The number of nitrogens with zero attached hydrogens (tertiary/aromatic N) is 3. The molecule has 0 aliphatic carbocycles. The maximum Gasteiger partial charge on any atom is 0.242 e. The number of hydrogen-bond acceptors (Lipinski definition) is 4. The summed E-state index contributed by atoms with van der Waals surface area (Å²) in [7, 11) is 0. The van der Waals surface area contributed by atoms with Gasteiger partial charge in [0.15, 0.2) is 0 Å². The Morgan fingerprint density at radius 2 is 1.75 bits per heavy atom. The first-order chi connectivity index (χ1) is 13.5. The van der Waals surface area contributed by atoms with Crippen LogP contribution in [0.2, 0.25) is 0 Å². The number of nitriles is 1. The van der Waals surface area contributed by atoms with Crippen LogP contribution in [0.1, 0.15) is 24.0 Å². The Balaban J connectivity index is 1.58. The lowest BCUT2D eigenvalue weighted by molar-refractivity contribution is -0.166. The predicted molar refractivity (Wildman–Crippen MR) is 103 cm³/mol. The average molecular weight is 375 g/mol. The summed E-state index contributed by atoms with van der Waals surface area (Å²) in [5, 5.41) is 18.8. The van der Waals surface area contributed by atoms with Crippen LogP contribution in [0, 0.1) is 11.3 Å². The van der Waals surface area contributed by atoms with Gasteiger partial charge in [-0.2, -0.15) is 5.26 Å². The molecule has 142 valence electrons. The van der Waals surface area contributed by atoms with Crippen molar-refractivity contribution in [2.75, 3.05) is 19.7 Å². The Bertz CT molecular complexity index is 946. The molecule has 0 spiro atoms. The molecule has 0 radical (unpaired) electrons. The van der Waals surface area contributed by atoms with Crippen LogP contribution in [0.5, 0.6) is 0 Å². The summed E-state index contributed by atoms with van der Waals surface area (Å²) in [6.45, 7) is 1.98. The van der Waals surface area contributed by atoms with Crippen molar-refractivity contribution in [2.24, 2.45) is 0 Å². The number of carbonyl (C=O) groups excluding carboxylic acids is 2. The van der Waals surface area contributed by atoms with Crippen LogP contribution < -0.4 is 0 Å². The van der Waals surface area contributed by atoms with Gasteiger partial charge in [0.1, 0.15) is 0 Å². The monoisotopic (exact) mass is 375 g/mol. The van der Waals surface area contributed by atoms with Gasteiger partial charge < -0.3 is 14.9 Å². The summed E-state index contributed by atoms with van der Waals surface area (Å²) >= 11 is 0. The topological polar surface area (TPSA) is 84.6 Å². The van der Waals surface area contributed by atoms with Gasteiger partial charge in [0.25, 0.3) is 0 Å². The van der Waals surface area contributed by atoms with Gasteiger partial charge >= 0.3 is 0 Å². The van der Waals surface area contributed by atoms with Crippen LogP contribution in [0.3, 0.4) is 0 Å². The molecule has 28 heavy (non-hydrogen) atoms. The van der Waals surface area contributed by atoms with Crippen molar-refractivity contribution >= 4 is 11.8 Å². The van der Waals surface area contributed by atoms with Crippen LogP contribution in [0.25, 0.3) is 11.1 Å². The molecule has 0 bridgehead atoms.